The number of hydrogen-bond acceptors (Lipinski definition) is 1. The topological polar surface area (TPSA) is 17.1 Å². The molecule has 0 spiro atoms. The van der Waals surface area contributed by atoms with Crippen LogP contribution in [0.25, 0.3) is 0 Å². The first-order valence-corrected chi connectivity index (χ1v) is 4.15. The van der Waals surface area contributed by atoms with E-state index in [1.165, 1.54) is 12.1 Å². The first-order chi connectivity index (χ1) is 6.52. The molecule has 0 unspecified atom stereocenters. The molecule has 0 aliphatic heterocycles. The second kappa shape index (κ2) is 4.13. The van der Waals surface area contributed by atoms with Crippen LogP contribution in [0.15, 0.2) is 29.8 Å². The third kappa shape index (κ3) is 2.25. The highest BCUT2D eigenvalue weighted by atomic mass is 19.1. The lowest BCUT2D eigenvalue weighted by Gasteiger charge is -2.00. The fourth-order valence-electron chi connectivity index (χ4n) is 1.07. The summed E-state index contributed by atoms with van der Waals surface area (Å²) in [5, 5.41) is 0. The standard InChI is InChI=1S/C11H10F2O/c1-7(2)6-10(14)11-8(12)4-3-5-9(11)13/h3-6H,1-2H3. The van der Waals surface area contributed by atoms with Crippen LogP contribution in [0.4, 0.5) is 8.78 Å². The average molecular weight is 196 g/mol. The van der Waals surface area contributed by atoms with Crippen LogP contribution < -0.4 is 0 Å². The lowest BCUT2D eigenvalue weighted by Crippen LogP contribution is -2.03. The zero-order valence-electron chi connectivity index (χ0n) is 7.97. The van der Waals surface area contributed by atoms with Crippen LogP contribution in [-0.2, 0) is 0 Å². The average Bonchev–Trinajstić information content (AvgIpc) is 2.01. The number of allylic oxidation sites excluding steroid dienone is 2. The van der Waals surface area contributed by atoms with E-state index in [0.717, 1.165) is 12.1 Å². The predicted octanol–water partition coefficient (Wildman–Crippen LogP) is 3.11. The number of carbonyl (C=O) groups is 1. The fraction of sp³-hybridized carbons (Fsp3) is 0.182. The molecule has 1 aromatic carbocycles. The molecule has 0 atom stereocenters. The van der Waals surface area contributed by atoms with E-state index in [1.807, 2.05) is 0 Å². The molecule has 3 heteroatoms. The second-order valence-corrected chi connectivity index (χ2v) is 3.18. The van der Waals surface area contributed by atoms with Crippen molar-refractivity contribution in [1.29, 1.82) is 0 Å². The summed E-state index contributed by atoms with van der Waals surface area (Å²) < 4.78 is 26.1. The van der Waals surface area contributed by atoms with E-state index in [9.17, 15) is 13.6 Å². The van der Waals surface area contributed by atoms with Crippen molar-refractivity contribution in [2.45, 2.75) is 13.8 Å². The molecule has 0 saturated heterocycles. The molecule has 0 aliphatic rings. The summed E-state index contributed by atoms with van der Waals surface area (Å²) in [6.45, 7) is 3.38. The Morgan fingerprint density at radius 3 is 2.14 bits per heavy atom. The zero-order chi connectivity index (χ0) is 10.7. The van der Waals surface area contributed by atoms with E-state index in [1.54, 1.807) is 13.8 Å². The molecule has 0 fully saturated rings. The first-order valence-electron chi connectivity index (χ1n) is 4.15. The van der Waals surface area contributed by atoms with Crippen molar-refractivity contribution >= 4 is 5.78 Å². The molecule has 0 saturated carbocycles. The van der Waals surface area contributed by atoms with Crippen molar-refractivity contribution in [2.75, 3.05) is 0 Å². The van der Waals surface area contributed by atoms with Gasteiger partial charge in [0.1, 0.15) is 11.6 Å². The molecule has 0 aliphatic carbocycles. The summed E-state index contributed by atoms with van der Waals surface area (Å²) in [7, 11) is 0. The Balaban J connectivity index is 3.19. The highest BCUT2D eigenvalue weighted by Gasteiger charge is 2.14. The van der Waals surface area contributed by atoms with Gasteiger partial charge in [-0.25, -0.2) is 8.78 Å². The molecule has 1 rings (SSSR count). The number of carbonyl (C=O) groups excluding carboxylic acids is 1. The van der Waals surface area contributed by atoms with Crippen LogP contribution in [0, 0.1) is 11.6 Å². The molecule has 74 valence electrons. The fourth-order valence-corrected chi connectivity index (χ4v) is 1.07. The van der Waals surface area contributed by atoms with Gasteiger partial charge < -0.3 is 0 Å². The Kier molecular flexibility index (Phi) is 3.12. The number of hydrogen-bond donors (Lipinski definition) is 0. The number of halogens is 2. The minimum atomic E-state index is -0.826. The van der Waals surface area contributed by atoms with Crippen LogP contribution in [0.1, 0.15) is 24.2 Å². The molecule has 1 nitrogen and oxygen atoms in total. The molecule has 0 amide bonds. The summed E-state index contributed by atoms with van der Waals surface area (Å²) in [6, 6.07) is 3.36. The van der Waals surface area contributed by atoms with Gasteiger partial charge in [0.25, 0.3) is 0 Å². The van der Waals surface area contributed by atoms with Gasteiger partial charge in [-0.05, 0) is 32.1 Å². The van der Waals surface area contributed by atoms with Crippen molar-refractivity contribution in [3.8, 4) is 0 Å². The van der Waals surface area contributed by atoms with Crippen molar-refractivity contribution in [3.05, 3.63) is 47.0 Å². The molecule has 1 aromatic rings. The van der Waals surface area contributed by atoms with E-state index < -0.39 is 23.0 Å². The van der Waals surface area contributed by atoms with Crippen LogP contribution in [0.2, 0.25) is 0 Å². The van der Waals surface area contributed by atoms with Crippen LogP contribution in [-0.4, -0.2) is 5.78 Å². The van der Waals surface area contributed by atoms with Crippen molar-refractivity contribution < 1.29 is 13.6 Å². The number of benzene rings is 1. The zero-order valence-corrected chi connectivity index (χ0v) is 7.97. The maximum atomic E-state index is 13.1. The minimum Gasteiger partial charge on any atom is -0.289 e. The van der Waals surface area contributed by atoms with Gasteiger partial charge in [0.2, 0.25) is 0 Å². The number of ketones is 1. The molecule has 0 heterocycles. The molecule has 0 N–H and O–H groups in total. The van der Waals surface area contributed by atoms with Crippen molar-refractivity contribution in [2.24, 2.45) is 0 Å². The van der Waals surface area contributed by atoms with Gasteiger partial charge >= 0.3 is 0 Å². The quantitative estimate of drug-likeness (QED) is 0.524. The third-order valence-electron chi connectivity index (χ3n) is 1.63. The van der Waals surface area contributed by atoms with Gasteiger partial charge in [-0.3, -0.25) is 4.79 Å². The summed E-state index contributed by atoms with van der Waals surface area (Å²) in [5.41, 5.74) is 0.214. The molecule has 0 bridgehead atoms. The van der Waals surface area contributed by atoms with Gasteiger partial charge in [-0.1, -0.05) is 11.6 Å². The summed E-state index contributed by atoms with van der Waals surface area (Å²) >= 11 is 0. The smallest absolute Gasteiger partial charge is 0.191 e. The summed E-state index contributed by atoms with van der Waals surface area (Å²) in [5.74, 6) is -2.29. The lowest BCUT2D eigenvalue weighted by atomic mass is 10.1. The monoisotopic (exact) mass is 196 g/mol. The maximum Gasteiger partial charge on any atom is 0.191 e. The van der Waals surface area contributed by atoms with Gasteiger partial charge in [0.05, 0.1) is 5.56 Å². The van der Waals surface area contributed by atoms with Crippen molar-refractivity contribution in [3.63, 3.8) is 0 Å². The van der Waals surface area contributed by atoms with Crippen LogP contribution >= 0.6 is 0 Å². The Morgan fingerprint density at radius 2 is 1.71 bits per heavy atom. The highest BCUT2D eigenvalue weighted by molar-refractivity contribution is 6.05. The largest absolute Gasteiger partial charge is 0.289 e. The van der Waals surface area contributed by atoms with Crippen molar-refractivity contribution in [1.82, 2.24) is 0 Å². The Labute approximate surface area is 81.1 Å². The van der Waals surface area contributed by atoms with Gasteiger partial charge in [0.15, 0.2) is 5.78 Å². The summed E-state index contributed by atoms with van der Waals surface area (Å²) in [6.07, 6.45) is 1.21. The van der Waals surface area contributed by atoms with E-state index in [0.29, 0.717) is 5.57 Å². The summed E-state index contributed by atoms with van der Waals surface area (Å²) in [4.78, 5) is 11.3. The Hall–Kier alpha value is -1.51. The van der Waals surface area contributed by atoms with E-state index >= 15 is 0 Å². The Bertz CT molecular complexity index is 370. The van der Waals surface area contributed by atoms with Gasteiger partial charge in [0, 0.05) is 0 Å². The number of rotatable bonds is 2. The van der Waals surface area contributed by atoms with Crippen LogP contribution in [0.5, 0.6) is 0 Å². The van der Waals surface area contributed by atoms with Crippen LogP contribution in [0.3, 0.4) is 0 Å². The van der Waals surface area contributed by atoms with E-state index in [2.05, 4.69) is 0 Å². The van der Waals surface area contributed by atoms with Gasteiger partial charge in [-0.15, -0.1) is 0 Å². The molecule has 14 heavy (non-hydrogen) atoms. The Morgan fingerprint density at radius 1 is 1.21 bits per heavy atom. The van der Waals surface area contributed by atoms with E-state index in [-0.39, 0.29) is 0 Å². The maximum absolute atomic E-state index is 13.1. The van der Waals surface area contributed by atoms with Gasteiger partial charge in [-0.2, -0.15) is 0 Å². The SMILES string of the molecule is CC(C)=CC(=O)c1c(F)cccc1F. The molecule has 0 aromatic heterocycles. The molecular formula is C11H10F2O. The second-order valence-electron chi connectivity index (χ2n) is 3.18. The lowest BCUT2D eigenvalue weighted by molar-refractivity contribution is 0.103. The predicted molar refractivity (Wildman–Crippen MR) is 50.1 cm³/mol. The third-order valence-corrected chi connectivity index (χ3v) is 1.63. The molecular weight excluding hydrogens is 186 g/mol. The highest BCUT2D eigenvalue weighted by Crippen LogP contribution is 2.13. The minimum absolute atomic E-state index is 0.492. The normalized spacial score (nSPS) is 9.71. The molecule has 0 radical (unpaired) electrons. The first kappa shape index (κ1) is 10.6. The van der Waals surface area contributed by atoms with E-state index in [4.69, 9.17) is 0 Å².